The number of nitrogens with zero attached hydrogens (tertiary/aromatic N) is 1. The van der Waals surface area contributed by atoms with Gasteiger partial charge in [0.2, 0.25) is 0 Å². The standard InChI is InChI=1S/C16H14N2O3/c1-10-8-11(18-21-10)9-17-15-7-6-14(16(19)20)12-4-2-3-5-13(12)15/h2-8,17H,9H2,1H3,(H,19,20). The SMILES string of the molecule is Cc1cc(CNc2ccc(C(=O)O)c3ccccc23)no1. The van der Waals surface area contributed by atoms with Crippen LogP contribution in [0.3, 0.4) is 0 Å². The number of carboxylic acid groups (broad SMARTS) is 1. The molecule has 2 N–H and O–H groups in total. The van der Waals surface area contributed by atoms with Crippen LogP contribution in [0.25, 0.3) is 10.8 Å². The molecule has 0 bridgehead atoms. The van der Waals surface area contributed by atoms with Crippen molar-refractivity contribution in [3.05, 3.63) is 59.5 Å². The first-order valence-corrected chi connectivity index (χ1v) is 6.56. The second kappa shape index (κ2) is 5.28. The second-order valence-corrected chi connectivity index (χ2v) is 4.79. The number of hydrogen-bond acceptors (Lipinski definition) is 4. The molecule has 0 unspecified atom stereocenters. The molecule has 106 valence electrons. The van der Waals surface area contributed by atoms with E-state index in [0.717, 1.165) is 22.5 Å². The van der Waals surface area contributed by atoms with E-state index in [0.29, 0.717) is 17.5 Å². The van der Waals surface area contributed by atoms with Gasteiger partial charge >= 0.3 is 5.97 Å². The number of anilines is 1. The van der Waals surface area contributed by atoms with Crippen LogP contribution in [0, 0.1) is 6.92 Å². The number of aryl methyl sites for hydroxylation is 1. The molecule has 1 heterocycles. The van der Waals surface area contributed by atoms with Crippen LogP contribution in [-0.4, -0.2) is 16.2 Å². The number of nitrogens with one attached hydrogen (secondary N) is 1. The fourth-order valence-corrected chi connectivity index (χ4v) is 2.33. The van der Waals surface area contributed by atoms with Crippen molar-refractivity contribution >= 4 is 22.4 Å². The van der Waals surface area contributed by atoms with Crippen LogP contribution in [0.5, 0.6) is 0 Å². The van der Waals surface area contributed by atoms with Gasteiger partial charge in [0.25, 0.3) is 0 Å². The molecule has 0 aliphatic carbocycles. The van der Waals surface area contributed by atoms with Crippen molar-refractivity contribution in [2.24, 2.45) is 0 Å². The molecular formula is C16H14N2O3. The van der Waals surface area contributed by atoms with E-state index in [4.69, 9.17) is 4.52 Å². The maximum atomic E-state index is 11.3. The van der Waals surface area contributed by atoms with E-state index < -0.39 is 5.97 Å². The van der Waals surface area contributed by atoms with Gasteiger partial charge in [0.15, 0.2) is 0 Å². The predicted molar refractivity (Wildman–Crippen MR) is 79.5 cm³/mol. The van der Waals surface area contributed by atoms with Crippen LogP contribution in [-0.2, 0) is 6.54 Å². The first kappa shape index (κ1) is 13.2. The van der Waals surface area contributed by atoms with Gasteiger partial charge in [-0.1, -0.05) is 29.4 Å². The molecule has 3 rings (SSSR count). The molecular weight excluding hydrogens is 268 g/mol. The van der Waals surface area contributed by atoms with Gasteiger partial charge < -0.3 is 14.9 Å². The van der Waals surface area contributed by atoms with Gasteiger partial charge in [0.05, 0.1) is 12.1 Å². The summed E-state index contributed by atoms with van der Waals surface area (Å²) in [6.07, 6.45) is 0. The van der Waals surface area contributed by atoms with Crippen LogP contribution in [0.15, 0.2) is 47.0 Å². The average molecular weight is 282 g/mol. The Morgan fingerprint density at radius 3 is 2.67 bits per heavy atom. The van der Waals surface area contributed by atoms with E-state index in [9.17, 15) is 9.90 Å². The zero-order chi connectivity index (χ0) is 14.8. The van der Waals surface area contributed by atoms with Crippen molar-refractivity contribution in [3.63, 3.8) is 0 Å². The Morgan fingerprint density at radius 1 is 1.24 bits per heavy atom. The maximum absolute atomic E-state index is 11.3. The third-order valence-electron chi connectivity index (χ3n) is 3.29. The van der Waals surface area contributed by atoms with E-state index >= 15 is 0 Å². The molecule has 0 amide bonds. The van der Waals surface area contributed by atoms with E-state index in [2.05, 4.69) is 10.5 Å². The highest BCUT2D eigenvalue weighted by atomic mass is 16.5. The van der Waals surface area contributed by atoms with E-state index in [1.54, 1.807) is 12.1 Å². The van der Waals surface area contributed by atoms with Crippen molar-refractivity contribution in [1.82, 2.24) is 5.16 Å². The van der Waals surface area contributed by atoms with E-state index in [1.165, 1.54) is 0 Å². The largest absolute Gasteiger partial charge is 0.478 e. The highest BCUT2D eigenvalue weighted by Crippen LogP contribution is 2.27. The molecule has 2 aromatic carbocycles. The van der Waals surface area contributed by atoms with E-state index in [-0.39, 0.29) is 0 Å². The number of fused-ring (bicyclic) bond motifs is 1. The molecule has 0 radical (unpaired) electrons. The summed E-state index contributed by atoms with van der Waals surface area (Å²) in [7, 11) is 0. The summed E-state index contributed by atoms with van der Waals surface area (Å²) in [5.74, 6) is -0.164. The lowest BCUT2D eigenvalue weighted by molar-refractivity contribution is 0.0699. The Balaban J connectivity index is 1.96. The monoisotopic (exact) mass is 282 g/mol. The van der Waals surface area contributed by atoms with Crippen molar-refractivity contribution in [1.29, 1.82) is 0 Å². The number of carboxylic acids is 1. The summed E-state index contributed by atoms with van der Waals surface area (Å²) < 4.78 is 5.02. The third-order valence-corrected chi connectivity index (χ3v) is 3.29. The number of rotatable bonds is 4. The van der Waals surface area contributed by atoms with Gasteiger partial charge in [-0.05, 0) is 24.4 Å². The Hall–Kier alpha value is -2.82. The number of aromatic nitrogens is 1. The number of aromatic carboxylic acids is 1. The van der Waals surface area contributed by atoms with Gasteiger partial charge in [0.1, 0.15) is 11.5 Å². The Labute approximate surface area is 121 Å². The Bertz CT molecular complexity index is 808. The minimum Gasteiger partial charge on any atom is -0.478 e. The van der Waals surface area contributed by atoms with Gasteiger partial charge in [-0.25, -0.2) is 4.79 Å². The third kappa shape index (κ3) is 2.58. The number of carbonyl (C=O) groups is 1. The highest BCUT2D eigenvalue weighted by Gasteiger charge is 2.11. The summed E-state index contributed by atoms with van der Waals surface area (Å²) in [6.45, 7) is 2.36. The molecule has 0 fully saturated rings. The van der Waals surface area contributed by atoms with Gasteiger partial charge in [-0.3, -0.25) is 0 Å². The normalized spacial score (nSPS) is 10.7. The number of benzene rings is 2. The fraction of sp³-hybridized carbons (Fsp3) is 0.125. The lowest BCUT2D eigenvalue weighted by Gasteiger charge is -2.10. The minimum atomic E-state index is -0.926. The smallest absolute Gasteiger partial charge is 0.336 e. The quantitative estimate of drug-likeness (QED) is 0.766. The molecule has 5 nitrogen and oxygen atoms in total. The molecule has 0 aliphatic heterocycles. The summed E-state index contributed by atoms with van der Waals surface area (Å²) in [5.41, 5.74) is 1.98. The molecule has 0 spiro atoms. The molecule has 0 aliphatic rings. The summed E-state index contributed by atoms with van der Waals surface area (Å²) >= 11 is 0. The number of hydrogen-bond donors (Lipinski definition) is 2. The van der Waals surface area contributed by atoms with Gasteiger partial charge in [-0.2, -0.15) is 0 Å². The van der Waals surface area contributed by atoms with Gasteiger partial charge in [0, 0.05) is 17.1 Å². The average Bonchev–Trinajstić information content (AvgIpc) is 2.90. The van der Waals surface area contributed by atoms with Crippen LogP contribution in [0.2, 0.25) is 0 Å². The first-order valence-electron chi connectivity index (χ1n) is 6.56. The highest BCUT2D eigenvalue weighted by molar-refractivity contribution is 6.07. The van der Waals surface area contributed by atoms with Crippen molar-refractivity contribution in [2.75, 3.05) is 5.32 Å². The molecule has 0 atom stereocenters. The van der Waals surface area contributed by atoms with Crippen LogP contribution in [0.1, 0.15) is 21.8 Å². The molecule has 1 aromatic heterocycles. The molecule has 0 saturated heterocycles. The van der Waals surface area contributed by atoms with Gasteiger partial charge in [-0.15, -0.1) is 0 Å². The van der Waals surface area contributed by atoms with Crippen LogP contribution < -0.4 is 5.32 Å². The maximum Gasteiger partial charge on any atom is 0.336 e. The molecule has 3 aromatic rings. The molecule has 5 heteroatoms. The topological polar surface area (TPSA) is 75.4 Å². The summed E-state index contributed by atoms with van der Waals surface area (Å²) in [5, 5.41) is 18.0. The van der Waals surface area contributed by atoms with Crippen LogP contribution in [0.4, 0.5) is 5.69 Å². The molecule has 0 saturated carbocycles. The minimum absolute atomic E-state index is 0.299. The fourth-order valence-electron chi connectivity index (χ4n) is 2.33. The predicted octanol–water partition coefficient (Wildman–Crippen LogP) is 3.45. The summed E-state index contributed by atoms with van der Waals surface area (Å²) in [4.78, 5) is 11.3. The van der Waals surface area contributed by atoms with Crippen LogP contribution >= 0.6 is 0 Å². The zero-order valence-electron chi connectivity index (χ0n) is 11.5. The summed E-state index contributed by atoms with van der Waals surface area (Å²) in [6, 6.07) is 12.7. The first-order chi connectivity index (χ1) is 10.1. The van der Waals surface area contributed by atoms with Crippen molar-refractivity contribution in [3.8, 4) is 0 Å². The Morgan fingerprint density at radius 2 is 2.00 bits per heavy atom. The zero-order valence-corrected chi connectivity index (χ0v) is 11.5. The Kier molecular flexibility index (Phi) is 3.31. The lowest BCUT2D eigenvalue weighted by Crippen LogP contribution is -2.03. The second-order valence-electron chi connectivity index (χ2n) is 4.79. The molecule has 21 heavy (non-hydrogen) atoms. The lowest BCUT2D eigenvalue weighted by atomic mass is 10.0. The van der Waals surface area contributed by atoms with E-state index in [1.807, 2.05) is 37.3 Å². The van der Waals surface area contributed by atoms with Crippen molar-refractivity contribution in [2.45, 2.75) is 13.5 Å². The van der Waals surface area contributed by atoms with Crippen molar-refractivity contribution < 1.29 is 14.4 Å².